The fourth-order valence-corrected chi connectivity index (χ4v) is 2.07. The van der Waals surface area contributed by atoms with Crippen LogP contribution >= 0.6 is 0 Å². The molecule has 0 aliphatic carbocycles. The molecule has 0 radical (unpaired) electrons. The first-order valence-corrected chi connectivity index (χ1v) is 7.17. The lowest BCUT2D eigenvalue weighted by Gasteiger charge is -2.09. The maximum Gasteiger partial charge on any atom is 0.292 e. The van der Waals surface area contributed by atoms with Crippen molar-refractivity contribution in [1.29, 1.82) is 0 Å². The molecule has 0 unspecified atom stereocenters. The fraction of sp³-hybridized carbons (Fsp3) is 0.353. The molecule has 0 atom stereocenters. The van der Waals surface area contributed by atoms with Crippen molar-refractivity contribution in [3.63, 3.8) is 0 Å². The van der Waals surface area contributed by atoms with Gasteiger partial charge in [-0.2, -0.15) is 0 Å². The van der Waals surface area contributed by atoms with Crippen LogP contribution in [-0.2, 0) is 13.2 Å². The van der Waals surface area contributed by atoms with E-state index in [9.17, 15) is 4.79 Å². The van der Waals surface area contributed by atoms with Crippen LogP contribution < -0.4 is 10.3 Å². The largest absolute Gasteiger partial charge is 0.483 e. The van der Waals surface area contributed by atoms with Crippen LogP contribution in [0.3, 0.4) is 0 Å². The van der Waals surface area contributed by atoms with Crippen LogP contribution in [0.4, 0.5) is 0 Å². The molecule has 0 aliphatic rings. The molecule has 20 heavy (non-hydrogen) atoms. The van der Waals surface area contributed by atoms with Gasteiger partial charge in [-0.25, -0.2) is 0 Å². The van der Waals surface area contributed by atoms with Crippen molar-refractivity contribution in [1.82, 2.24) is 4.57 Å². The predicted octanol–water partition coefficient (Wildman–Crippen LogP) is 3.62. The van der Waals surface area contributed by atoms with E-state index in [2.05, 4.69) is 6.92 Å². The standard InChI is InChI=1S/C17H21NO2/c1-2-3-7-12-18-13-8-11-16(17(18)19)20-14-15-9-5-4-6-10-15/h4-6,8-11,13H,2-3,7,12,14H2,1H3. The monoisotopic (exact) mass is 271 g/mol. The van der Waals surface area contributed by atoms with E-state index < -0.39 is 0 Å². The summed E-state index contributed by atoms with van der Waals surface area (Å²) in [5, 5.41) is 0. The van der Waals surface area contributed by atoms with Gasteiger partial charge in [-0.1, -0.05) is 50.1 Å². The number of unbranched alkanes of at least 4 members (excludes halogenated alkanes) is 2. The Bertz CT molecular complexity index is 575. The summed E-state index contributed by atoms with van der Waals surface area (Å²) in [5.74, 6) is 0.424. The number of hydrogen-bond donors (Lipinski definition) is 0. The Labute approximate surface area is 119 Å². The van der Waals surface area contributed by atoms with Gasteiger partial charge in [0.2, 0.25) is 0 Å². The van der Waals surface area contributed by atoms with E-state index in [-0.39, 0.29) is 5.56 Å². The summed E-state index contributed by atoms with van der Waals surface area (Å²) in [7, 11) is 0. The zero-order valence-electron chi connectivity index (χ0n) is 11.9. The highest BCUT2D eigenvalue weighted by atomic mass is 16.5. The summed E-state index contributed by atoms with van der Waals surface area (Å²) in [6, 6.07) is 13.5. The number of hydrogen-bond acceptors (Lipinski definition) is 2. The molecular formula is C17H21NO2. The molecule has 0 fully saturated rings. The number of aromatic nitrogens is 1. The molecule has 0 saturated heterocycles. The first-order chi connectivity index (χ1) is 9.81. The molecule has 106 valence electrons. The molecule has 0 spiro atoms. The number of ether oxygens (including phenoxy) is 1. The maximum atomic E-state index is 12.2. The van der Waals surface area contributed by atoms with Crippen molar-refractivity contribution in [2.24, 2.45) is 0 Å². The van der Waals surface area contributed by atoms with Gasteiger partial charge in [0.1, 0.15) is 6.61 Å². The van der Waals surface area contributed by atoms with Crippen LogP contribution in [0.15, 0.2) is 53.5 Å². The van der Waals surface area contributed by atoms with E-state index in [1.54, 1.807) is 10.6 Å². The van der Waals surface area contributed by atoms with Crippen LogP contribution in [0.5, 0.6) is 5.75 Å². The van der Waals surface area contributed by atoms with Crippen molar-refractivity contribution in [3.05, 3.63) is 64.6 Å². The summed E-state index contributed by atoms with van der Waals surface area (Å²) in [5.41, 5.74) is 1.02. The highest BCUT2D eigenvalue weighted by Gasteiger charge is 2.04. The third-order valence-corrected chi connectivity index (χ3v) is 3.22. The lowest BCUT2D eigenvalue weighted by molar-refractivity contribution is 0.298. The molecule has 1 aromatic heterocycles. The molecule has 1 aromatic carbocycles. The summed E-state index contributed by atoms with van der Waals surface area (Å²) in [6.07, 6.45) is 5.15. The first kappa shape index (κ1) is 14.4. The van der Waals surface area contributed by atoms with Crippen molar-refractivity contribution < 1.29 is 4.74 Å². The van der Waals surface area contributed by atoms with Gasteiger partial charge in [0, 0.05) is 12.7 Å². The lowest BCUT2D eigenvalue weighted by atomic mass is 10.2. The van der Waals surface area contributed by atoms with Crippen LogP contribution in [0.25, 0.3) is 0 Å². The lowest BCUT2D eigenvalue weighted by Crippen LogP contribution is -2.21. The van der Waals surface area contributed by atoms with Crippen molar-refractivity contribution in [2.45, 2.75) is 39.3 Å². The van der Waals surface area contributed by atoms with Crippen LogP contribution in [0, 0.1) is 0 Å². The van der Waals surface area contributed by atoms with Gasteiger partial charge in [0.15, 0.2) is 5.75 Å². The predicted molar refractivity (Wildman–Crippen MR) is 81.0 cm³/mol. The van der Waals surface area contributed by atoms with Crippen LogP contribution in [0.2, 0.25) is 0 Å². The first-order valence-electron chi connectivity index (χ1n) is 7.17. The summed E-state index contributed by atoms with van der Waals surface area (Å²) in [4.78, 5) is 12.2. The Hall–Kier alpha value is -2.03. The maximum absolute atomic E-state index is 12.2. The summed E-state index contributed by atoms with van der Waals surface area (Å²) in [6.45, 7) is 3.34. The molecule has 3 heteroatoms. The molecule has 0 aliphatic heterocycles. The summed E-state index contributed by atoms with van der Waals surface area (Å²) >= 11 is 0. The minimum atomic E-state index is -0.0421. The number of benzene rings is 1. The third kappa shape index (κ3) is 3.98. The van der Waals surface area contributed by atoms with Crippen molar-refractivity contribution in [2.75, 3.05) is 0 Å². The zero-order valence-corrected chi connectivity index (χ0v) is 11.9. The van der Waals surface area contributed by atoms with E-state index in [0.717, 1.165) is 31.4 Å². The second kappa shape index (κ2) is 7.53. The van der Waals surface area contributed by atoms with E-state index in [4.69, 9.17) is 4.74 Å². The van der Waals surface area contributed by atoms with Gasteiger partial charge < -0.3 is 9.30 Å². The molecular weight excluding hydrogens is 250 g/mol. The fourth-order valence-electron chi connectivity index (χ4n) is 2.07. The van der Waals surface area contributed by atoms with E-state index in [0.29, 0.717) is 12.4 Å². The SMILES string of the molecule is CCCCCn1cccc(OCc2ccccc2)c1=O. The Morgan fingerprint density at radius 2 is 1.85 bits per heavy atom. The summed E-state index contributed by atoms with van der Waals surface area (Å²) < 4.78 is 7.37. The van der Waals surface area contributed by atoms with Gasteiger partial charge in [-0.05, 0) is 24.1 Å². The van der Waals surface area contributed by atoms with Gasteiger partial charge in [0.05, 0.1) is 0 Å². The molecule has 0 amide bonds. The average molecular weight is 271 g/mol. The number of nitrogens with zero attached hydrogens (tertiary/aromatic N) is 1. The van der Waals surface area contributed by atoms with Gasteiger partial charge in [-0.3, -0.25) is 4.79 Å². The normalized spacial score (nSPS) is 10.4. The zero-order chi connectivity index (χ0) is 14.2. The molecule has 0 bridgehead atoms. The smallest absolute Gasteiger partial charge is 0.292 e. The average Bonchev–Trinajstić information content (AvgIpc) is 2.49. The van der Waals surface area contributed by atoms with E-state index in [1.165, 1.54) is 0 Å². The second-order valence-corrected chi connectivity index (χ2v) is 4.85. The Morgan fingerprint density at radius 3 is 2.60 bits per heavy atom. The molecule has 2 rings (SSSR count). The highest BCUT2D eigenvalue weighted by molar-refractivity contribution is 5.19. The Morgan fingerprint density at radius 1 is 1.05 bits per heavy atom. The molecule has 3 nitrogen and oxygen atoms in total. The Balaban J connectivity index is 2.01. The number of rotatable bonds is 7. The highest BCUT2D eigenvalue weighted by Crippen LogP contribution is 2.07. The minimum absolute atomic E-state index is 0.0421. The van der Waals surface area contributed by atoms with Gasteiger partial charge >= 0.3 is 0 Å². The molecule has 2 aromatic rings. The number of aryl methyl sites for hydroxylation is 1. The van der Waals surface area contributed by atoms with Crippen molar-refractivity contribution >= 4 is 0 Å². The third-order valence-electron chi connectivity index (χ3n) is 3.22. The van der Waals surface area contributed by atoms with Crippen molar-refractivity contribution in [3.8, 4) is 5.75 Å². The quantitative estimate of drug-likeness (QED) is 0.720. The van der Waals surface area contributed by atoms with Crippen LogP contribution in [-0.4, -0.2) is 4.57 Å². The molecule has 1 heterocycles. The second-order valence-electron chi connectivity index (χ2n) is 4.85. The van der Waals surface area contributed by atoms with Crippen LogP contribution in [0.1, 0.15) is 31.7 Å². The van der Waals surface area contributed by atoms with E-state index >= 15 is 0 Å². The van der Waals surface area contributed by atoms with Gasteiger partial charge in [-0.15, -0.1) is 0 Å². The molecule has 0 saturated carbocycles. The Kier molecular flexibility index (Phi) is 5.42. The van der Waals surface area contributed by atoms with E-state index in [1.807, 2.05) is 42.6 Å². The molecule has 0 N–H and O–H groups in total. The number of pyridine rings is 1. The van der Waals surface area contributed by atoms with Gasteiger partial charge in [0.25, 0.3) is 5.56 Å². The topological polar surface area (TPSA) is 31.2 Å². The minimum Gasteiger partial charge on any atom is -0.483 e.